The number of rotatable bonds is 4. The molecule has 0 aliphatic carbocycles. The number of likely N-dealkylation sites (N-methyl/N-ethyl adjacent to an activating group) is 1. The number of nitrogens with one attached hydrogen (secondary N) is 1. The molecule has 6 nitrogen and oxygen atoms in total. The summed E-state index contributed by atoms with van der Waals surface area (Å²) in [5.41, 5.74) is 1.20. The maximum Gasteiger partial charge on any atom is 0.256 e. The molecule has 2 atom stereocenters. The van der Waals surface area contributed by atoms with Crippen molar-refractivity contribution in [1.29, 1.82) is 0 Å². The third-order valence-electron chi connectivity index (χ3n) is 3.64. The molecule has 0 unspecified atom stereocenters. The molecule has 0 spiro atoms. The van der Waals surface area contributed by atoms with Crippen molar-refractivity contribution in [2.24, 2.45) is 0 Å². The fourth-order valence-electron chi connectivity index (χ4n) is 2.56. The number of benzene rings is 1. The molecule has 1 aromatic carbocycles. The first-order chi connectivity index (χ1) is 10.3. The molecule has 6 heteroatoms. The van der Waals surface area contributed by atoms with Crippen LogP contribution in [0, 0.1) is 0 Å². The van der Waals surface area contributed by atoms with Gasteiger partial charge >= 0.3 is 0 Å². The molecule has 3 rings (SSSR count). The zero-order valence-electron chi connectivity index (χ0n) is 11.8. The van der Waals surface area contributed by atoms with Crippen LogP contribution in [0.4, 0.5) is 0 Å². The lowest BCUT2D eigenvalue weighted by atomic mass is 9.92. The lowest BCUT2D eigenvalue weighted by Gasteiger charge is -2.14. The minimum atomic E-state index is -0.238. The van der Waals surface area contributed by atoms with Crippen molar-refractivity contribution >= 4 is 5.91 Å². The molecule has 1 amide bonds. The molecule has 1 fully saturated rings. The molecule has 2 heterocycles. The molecule has 2 aromatic rings. The molecule has 1 aliphatic heterocycles. The number of carbonyl (C=O) groups is 1. The van der Waals surface area contributed by atoms with Crippen LogP contribution in [0.15, 0.2) is 34.9 Å². The van der Waals surface area contributed by atoms with E-state index >= 15 is 0 Å². The zero-order chi connectivity index (χ0) is 14.7. The Morgan fingerprint density at radius 1 is 1.38 bits per heavy atom. The van der Waals surface area contributed by atoms with Crippen LogP contribution < -0.4 is 5.32 Å². The number of hydrogen-bond donors (Lipinski definition) is 1. The molecular weight excluding hydrogens is 270 g/mol. The zero-order valence-corrected chi connectivity index (χ0v) is 11.8. The molecule has 21 heavy (non-hydrogen) atoms. The van der Waals surface area contributed by atoms with E-state index in [-0.39, 0.29) is 24.3 Å². The summed E-state index contributed by atoms with van der Waals surface area (Å²) < 4.78 is 11.0. The number of hydrogen-bond acceptors (Lipinski definition) is 5. The SMILES string of the molecule is CNC(=O)Cc1noc([C@H]2OCC[C@H]2c2ccccc2)n1. The van der Waals surface area contributed by atoms with Gasteiger partial charge in [-0.05, 0) is 12.0 Å². The molecule has 1 N–H and O–H groups in total. The third-order valence-corrected chi connectivity index (χ3v) is 3.64. The van der Waals surface area contributed by atoms with Gasteiger partial charge in [-0.1, -0.05) is 35.5 Å². The number of ether oxygens (including phenoxy) is 1. The van der Waals surface area contributed by atoms with E-state index < -0.39 is 0 Å². The van der Waals surface area contributed by atoms with Crippen molar-refractivity contribution in [2.75, 3.05) is 13.7 Å². The van der Waals surface area contributed by atoms with E-state index in [1.165, 1.54) is 5.56 Å². The van der Waals surface area contributed by atoms with Gasteiger partial charge in [0.25, 0.3) is 5.89 Å². The lowest BCUT2D eigenvalue weighted by molar-refractivity contribution is -0.120. The topological polar surface area (TPSA) is 77.2 Å². The summed E-state index contributed by atoms with van der Waals surface area (Å²) in [6, 6.07) is 10.2. The van der Waals surface area contributed by atoms with E-state index in [1.54, 1.807) is 7.05 Å². The van der Waals surface area contributed by atoms with Gasteiger partial charge in [-0.15, -0.1) is 0 Å². The molecule has 0 saturated carbocycles. The van der Waals surface area contributed by atoms with Crippen molar-refractivity contribution in [1.82, 2.24) is 15.5 Å². The van der Waals surface area contributed by atoms with Gasteiger partial charge in [0.05, 0.1) is 6.42 Å². The smallest absolute Gasteiger partial charge is 0.256 e. The molecular formula is C15H17N3O3. The first-order valence-corrected chi connectivity index (χ1v) is 6.97. The Morgan fingerprint density at radius 2 is 2.19 bits per heavy atom. The van der Waals surface area contributed by atoms with Crippen LogP contribution >= 0.6 is 0 Å². The average molecular weight is 287 g/mol. The summed E-state index contributed by atoms with van der Waals surface area (Å²) in [4.78, 5) is 15.6. The molecule has 0 radical (unpaired) electrons. The highest BCUT2D eigenvalue weighted by Gasteiger charge is 2.35. The van der Waals surface area contributed by atoms with Gasteiger partial charge in [-0.25, -0.2) is 0 Å². The Kier molecular flexibility index (Phi) is 3.96. The van der Waals surface area contributed by atoms with Crippen molar-refractivity contribution in [2.45, 2.75) is 24.9 Å². The maximum atomic E-state index is 11.3. The van der Waals surface area contributed by atoms with E-state index in [1.807, 2.05) is 18.2 Å². The van der Waals surface area contributed by atoms with Gasteiger partial charge in [0, 0.05) is 19.6 Å². The normalized spacial score (nSPS) is 21.4. The van der Waals surface area contributed by atoms with Crippen molar-refractivity contribution < 1.29 is 14.1 Å². The second-order valence-corrected chi connectivity index (χ2v) is 5.00. The van der Waals surface area contributed by atoms with Crippen LogP contribution in [0.3, 0.4) is 0 Å². The first kappa shape index (κ1) is 13.8. The summed E-state index contributed by atoms with van der Waals surface area (Å²) >= 11 is 0. The van der Waals surface area contributed by atoms with Crippen molar-refractivity contribution in [3.8, 4) is 0 Å². The van der Waals surface area contributed by atoms with Crippen LogP contribution in [-0.4, -0.2) is 29.7 Å². The minimum Gasteiger partial charge on any atom is -0.368 e. The quantitative estimate of drug-likeness (QED) is 0.924. The van der Waals surface area contributed by atoms with Crippen LogP contribution in [-0.2, 0) is 16.0 Å². The van der Waals surface area contributed by atoms with Crippen LogP contribution in [0.5, 0.6) is 0 Å². The Labute approximate surface area is 122 Å². The Bertz CT molecular complexity index is 612. The first-order valence-electron chi connectivity index (χ1n) is 6.97. The molecule has 1 aliphatic rings. The average Bonchev–Trinajstić information content (AvgIpc) is 3.16. The van der Waals surface area contributed by atoms with E-state index in [9.17, 15) is 4.79 Å². The van der Waals surface area contributed by atoms with Gasteiger partial charge in [0.15, 0.2) is 5.82 Å². The summed E-state index contributed by atoms with van der Waals surface area (Å²) in [5.74, 6) is 0.890. The Hall–Kier alpha value is -2.21. The van der Waals surface area contributed by atoms with Gasteiger partial charge in [-0.2, -0.15) is 4.98 Å². The summed E-state index contributed by atoms with van der Waals surface area (Å²) in [6.45, 7) is 0.664. The van der Waals surface area contributed by atoms with E-state index in [0.717, 1.165) is 6.42 Å². The molecule has 1 aromatic heterocycles. The largest absolute Gasteiger partial charge is 0.368 e. The summed E-state index contributed by atoms with van der Waals surface area (Å²) in [5, 5.41) is 6.38. The highest BCUT2D eigenvalue weighted by atomic mass is 16.5. The number of amides is 1. The van der Waals surface area contributed by atoms with Gasteiger partial charge < -0.3 is 14.6 Å². The van der Waals surface area contributed by atoms with Gasteiger partial charge in [0.2, 0.25) is 5.91 Å². The Morgan fingerprint density at radius 3 is 2.95 bits per heavy atom. The molecule has 110 valence electrons. The van der Waals surface area contributed by atoms with E-state index in [0.29, 0.717) is 18.3 Å². The fourth-order valence-corrected chi connectivity index (χ4v) is 2.56. The van der Waals surface area contributed by atoms with E-state index in [4.69, 9.17) is 9.26 Å². The predicted molar refractivity (Wildman–Crippen MR) is 74.6 cm³/mol. The summed E-state index contributed by atoms with van der Waals surface area (Å²) in [6.07, 6.45) is 0.795. The van der Waals surface area contributed by atoms with Crippen LogP contribution in [0.1, 0.15) is 35.7 Å². The lowest BCUT2D eigenvalue weighted by Crippen LogP contribution is -2.20. The van der Waals surface area contributed by atoms with Crippen LogP contribution in [0.2, 0.25) is 0 Å². The monoisotopic (exact) mass is 287 g/mol. The molecule has 1 saturated heterocycles. The molecule has 0 bridgehead atoms. The van der Waals surface area contributed by atoms with E-state index in [2.05, 4.69) is 27.6 Å². The third kappa shape index (κ3) is 2.95. The van der Waals surface area contributed by atoms with Crippen LogP contribution in [0.25, 0.3) is 0 Å². The van der Waals surface area contributed by atoms with Crippen molar-refractivity contribution in [3.63, 3.8) is 0 Å². The van der Waals surface area contributed by atoms with Crippen molar-refractivity contribution in [3.05, 3.63) is 47.6 Å². The number of nitrogens with zero attached hydrogens (tertiary/aromatic N) is 2. The second kappa shape index (κ2) is 6.05. The predicted octanol–water partition coefficient (Wildman–Crippen LogP) is 1.60. The number of aromatic nitrogens is 2. The highest BCUT2D eigenvalue weighted by molar-refractivity contribution is 5.77. The second-order valence-electron chi connectivity index (χ2n) is 5.00. The fraction of sp³-hybridized carbons (Fsp3) is 0.400. The van der Waals surface area contributed by atoms with Gasteiger partial charge in [-0.3, -0.25) is 4.79 Å². The highest BCUT2D eigenvalue weighted by Crippen LogP contribution is 2.40. The van der Waals surface area contributed by atoms with Gasteiger partial charge in [0.1, 0.15) is 6.10 Å². The number of carbonyl (C=O) groups excluding carboxylic acids is 1. The Balaban J connectivity index is 1.78. The standard InChI is InChI=1S/C15H17N3O3/c1-16-13(19)9-12-17-15(21-18-12)14-11(7-8-20-14)10-5-3-2-4-6-10/h2-6,11,14H,7-9H2,1H3,(H,16,19)/t11-,14-/m0/s1. The maximum absolute atomic E-state index is 11.3. The minimum absolute atomic E-state index is 0.114. The summed E-state index contributed by atoms with van der Waals surface area (Å²) in [7, 11) is 1.58.